The van der Waals surface area contributed by atoms with Gasteiger partial charge in [0.2, 0.25) is 5.91 Å². The molecule has 160 valence electrons. The van der Waals surface area contributed by atoms with Gasteiger partial charge >= 0.3 is 6.09 Å². The number of benzene rings is 1. The van der Waals surface area contributed by atoms with Gasteiger partial charge in [0.05, 0.1) is 32.1 Å². The molecular formula is C18H23F3N4O4. The maximum Gasteiger partial charge on any atom is 0.414 e. The Hall–Kier alpha value is -2.53. The number of ether oxygens (including phenoxy) is 1. The third kappa shape index (κ3) is 4.73. The van der Waals surface area contributed by atoms with Crippen LogP contribution in [-0.4, -0.2) is 69.2 Å². The van der Waals surface area contributed by atoms with Gasteiger partial charge in [0.15, 0.2) is 11.6 Å². The van der Waals surface area contributed by atoms with Crippen molar-refractivity contribution in [3.63, 3.8) is 0 Å². The van der Waals surface area contributed by atoms with Crippen molar-refractivity contribution in [1.82, 2.24) is 5.06 Å². The normalized spacial score (nSPS) is 20.1. The van der Waals surface area contributed by atoms with E-state index in [1.807, 2.05) is 0 Å². The molecular weight excluding hydrogens is 393 g/mol. The van der Waals surface area contributed by atoms with Crippen LogP contribution in [0.2, 0.25) is 0 Å². The van der Waals surface area contributed by atoms with Crippen LogP contribution in [0.15, 0.2) is 12.1 Å². The second kappa shape index (κ2) is 9.31. The lowest BCUT2D eigenvalue weighted by atomic mass is 10.2. The number of anilines is 2. The van der Waals surface area contributed by atoms with Crippen LogP contribution >= 0.6 is 0 Å². The number of hydrogen-bond acceptors (Lipinski definition) is 6. The molecule has 0 spiro atoms. The molecule has 1 atom stereocenters. The molecule has 0 radical (unpaired) electrons. The molecule has 8 nitrogen and oxygen atoms in total. The second-order valence-electron chi connectivity index (χ2n) is 6.72. The number of carbonyl (C=O) groups is 2. The van der Waals surface area contributed by atoms with E-state index < -0.39 is 30.5 Å². The lowest BCUT2D eigenvalue weighted by Crippen LogP contribution is -2.35. The SMILES string of the molecule is NC[C@H]1CN(c2cc(F)c(N3CCON(C(=O)CCCF)CC3)c(F)c2)C(=O)O1. The fourth-order valence-corrected chi connectivity index (χ4v) is 3.28. The van der Waals surface area contributed by atoms with Crippen molar-refractivity contribution >= 4 is 23.4 Å². The number of rotatable bonds is 6. The van der Waals surface area contributed by atoms with Gasteiger partial charge in [-0.2, -0.15) is 0 Å². The zero-order valence-electron chi connectivity index (χ0n) is 15.8. The Kier molecular flexibility index (Phi) is 6.80. The lowest BCUT2D eigenvalue weighted by Gasteiger charge is -2.24. The minimum Gasteiger partial charge on any atom is -0.443 e. The highest BCUT2D eigenvalue weighted by atomic mass is 19.1. The summed E-state index contributed by atoms with van der Waals surface area (Å²) in [6, 6.07) is 2.13. The van der Waals surface area contributed by atoms with E-state index in [1.165, 1.54) is 4.90 Å². The number of amides is 2. The first-order valence-corrected chi connectivity index (χ1v) is 9.36. The van der Waals surface area contributed by atoms with Gasteiger partial charge in [-0.1, -0.05) is 0 Å². The average molecular weight is 416 g/mol. The van der Waals surface area contributed by atoms with Crippen LogP contribution < -0.4 is 15.5 Å². The van der Waals surface area contributed by atoms with Crippen LogP contribution in [0.5, 0.6) is 0 Å². The maximum atomic E-state index is 14.8. The molecule has 11 heteroatoms. The van der Waals surface area contributed by atoms with E-state index in [2.05, 4.69) is 0 Å². The van der Waals surface area contributed by atoms with Crippen molar-refractivity contribution in [2.24, 2.45) is 5.73 Å². The monoisotopic (exact) mass is 416 g/mol. The van der Waals surface area contributed by atoms with Gasteiger partial charge in [0.1, 0.15) is 11.8 Å². The van der Waals surface area contributed by atoms with Crippen LogP contribution in [0, 0.1) is 11.6 Å². The predicted molar refractivity (Wildman–Crippen MR) is 98.1 cm³/mol. The topological polar surface area (TPSA) is 88.3 Å². The van der Waals surface area contributed by atoms with Gasteiger partial charge in [-0.25, -0.2) is 18.6 Å². The van der Waals surface area contributed by atoms with Crippen molar-refractivity contribution in [3.8, 4) is 0 Å². The third-order valence-electron chi connectivity index (χ3n) is 4.75. The first-order valence-electron chi connectivity index (χ1n) is 9.36. The standard InChI is InChI=1S/C18H23F3N4O4/c19-3-1-2-16(26)25-5-4-23(6-7-28-25)17-14(20)8-12(9-15(17)21)24-11-13(10-22)29-18(24)27/h8-9,13H,1-7,10-11,22H2/t13-/m0/s1. The number of cyclic esters (lactones) is 1. The number of nitrogens with zero attached hydrogens (tertiary/aromatic N) is 3. The van der Waals surface area contributed by atoms with E-state index in [0.717, 1.165) is 22.1 Å². The van der Waals surface area contributed by atoms with Gasteiger partial charge in [-0.15, -0.1) is 0 Å². The van der Waals surface area contributed by atoms with E-state index in [4.69, 9.17) is 15.3 Å². The molecule has 2 amide bonds. The first kappa shape index (κ1) is 21.2. The van der Waals surface area contributed by atoms with Crippen LogP contribution in [0.3, 0.4) is 0 Å². The number of hydroxylamine groups is 2. The van der Waals surface area contributed by atoms with Gasteiger partial charge in [-0.05, 0) is 6.42 Å². The average Bonchev–Trinajstić information content (AvgIpc) is 2.91. The quantitative estimate of drug-likeness (QED) is 0.758. The summed E-state index contributed by atoms with van der Waals surface area (Å²) in [5.41, 5.74) is 5.25. The molecule has 29 heavy (non-hydrogen) atoms. The molecule has 0 saturated carbocycles. The molecule has 2 fully saturated rings. The summed E-state index contributed by atoms with van der Waals surface area (Å²) in [5, 5.41) is 1.10. The third-order valence-corrected chi connectivity index (χ3v) is 4.75. The molecule has 1 aromatic carbocycles. The van der Waals surface area contributed by atoms with E-state index in [-0.39, 0.29) is 69.5 Å². The fourth-order valence-electron chi connectivity index (χ4n) is 3.28. The Labute approximate surface area is 165 Å². The largest absolute Gasteiger partial charge is 0.443 e. The molecule has 2 N–H and O–H groups in total. The molecule has 3 rings (SSSR count). The summed E-state index contributed by atoms with van der Waals surface area (Å²) < 4.78 is 46.8. The summed E-state index contributed by atoms with van der Waals surface area (Å²) in [6.45, 7) is 0.0311. The molecule has 2 aliphatic rings. The minimum absolute atomic E-state index is 0.00362. The van der Waals surface area contributed by atoms with Gasteiger partial charge in [0.25, 0.3) is 0 Å². The molecule has 1 aromatic rings. The van der Waals surface area contributed by atoms with E-state index in [1.54, 1.807) is 0 Å². The molecule has 2 heterocycles. The number of carbonyl (C=O) groups excluding carboxylic acids is 2. The Bertz CT molecular complexity index is 744. The fraction of sp³-hybridized carbons (Fsp3) is 0.556. The van der Waals surface area contributed by atoms with Crippen molar-refractivity contribution in [1.29, 1.82) is 0 Å². The van der Waals surface area contributed by atoms with Crippen molar-refractivity contribution in [2.75, 3.05) is 55.8 Å². The Morgan fingerprint density at radius 2 is 1.93 bits per heavy atom. The lowest BCUT2D eigenvalue weighted by molar-refractivity contribution is -0.182. The van der Waals surface area contributed by atoms with Gasteiger partial charge < -0.3 is 15.4 Å². The zero-order chi connectivity index (χ0) is 21.0. The molecule has 2 aliphatic heterocycles. The molecule has 0 aliphatic carbocycles. The van der Waals surface area contributed by atoms with Crippen molar-refractivity contribution in [2.45, 2.75) is 18.9 Å². The summed E-state index contributed by atoms with van der Waals surface area (Å²) in [7, 11) is 0. The summed E-state index contributed by atoms with van der Waals surface area (Å²) >= 11 is 0. The van der Waals surface area contributed by atoms with E-state index >= 15 is 0 Å². The van der Waals surface area contributed by atoms with E-state index in [9.17, 15) is 22.8 Å². The van der Waals surface area contributed by atoms with Gasteiger partial charge in [0, 0.05) is 38.2 Å². The number of hydrogen-bond donors (Lipinski definition) is 1. The number of alkyl halides is 1. The molecule has 0 aromatic heterocycles. The Balaban J connectivity index is 1.73. The summed E-state index contributed by atoms with van der Waals surface area (Å²) in [6.07, 6.45) is -1.14. The minimum atomic E-state index is -0.846. The molecule has 2 saturated heterocycles. The maximum absolute atomic E-state index is 14.8. The highest BCUT2D eigenvalue weighted by Gasteiger charge is 2.33. The Morgan fingerprint density at radius 1 is 1.21 bits per heavy atom. The molecule has 0 bridgehead atoms. The highest BCUT2D eigenvalue weighted by Crippen LogP contribution is 2.31. The van der Waals surface area contributed by atoms with Gasteiger partial charge in [-0.3, -0.25) is 18.9 Å². The van der Waals surface area contributed by atoms with Crippen LogP contribution in [0.1, 0.15) is 12.8 Å². The first-order chi connectivity index (χ1) is 13.9. The smallest absolute Gasteiger partial charge is 0.414 e. The zero-order valence-corrected chi connectivity index (χ0v) is 15.8. The second-order valence-corrected chi connectivity index (χ2v) is 6.72. The van der Waals surface area contributed by atoms with Crippen LogP contribution in [0.25, 0.3) is 0 Å². The summed E-state index contributed by atoms with van der Waals surface area (Å²) in [4.78, 5) is 31.8. The number of halogens is 3. The molecule has 0 unspecified atom stereocenters. The number of nitrogens with two attached hydrogens (primary N) is 1. The van der Waals surface area contributed by atoms with Crippen LogP contribution in [-0.2, 0) is 14.4 Å². The van der Waals surface area contributed by atoms with E-state index in [0.29, 0.717) is 0 Å². The van der Waals surface area contributed by atoms with Crippen molar-refractivity contribution < 1.29 is 32.3 Å². The van der Waals surface area contributed by atoms with Crippen LogP contribution in [0.4, 0.5) is 29.3 Å². The predicted octanol–water partition coefficient (Wildman–Crippen LogP) is 1.58. The highest BCUT2D eigenvalue weighted by molar-refractivity contribution is 5.90. The van der Waals surface area contributed by atoms with Crippen molar-refractivity contribution in [3.05, 3.63) is 23.8 Å². The summed E-state index contributed by atoms with van der Waals surface area (Å²) in [5.74, 6) is -2.06. The Morgan fingerprint density at radius 3 is 2.55 bits per heavy atom.